The maximum Gasteiger partial charge on any atom is 0.0485 e. The normalized spacial score (nSPS) is 11.8. The zero-order valence-corrected chi connectivity index (χ0v) is 10.4. The molecule has 0 aliphatic carbocycles. The Kier molecular flexibility index (Phi) is 4.97. The first-order chi connectivity index (χ1) is 7.57. The van der Waals surface area contributed by atoms with Crippen LogP contribution in [0.1, 0.15) is 31.4 Å². The van der Waals surface area contributed by atoms with Crippen LogP contribution in [0.25, 0.3) is 0 Å². The Morgan fingerprint density at radius 2 is 1.94 bits per heavy atom. The molecule has 0 saturated carbocycles. The van der Waals surface area contributed by atoms with Crippen LogP contribution in [-0.4, -0.2) is 18.3 Å². The third-order valence-corrected chi connectivity index (χ3v) is 2.77. The second-order valence-corrected chi connectivity index (χ2v) is 5.21. The molecule has 90 valence electrons. The molecule has 0 amide bonds. The highest BCUT2D eigenvalue weighted by atomic mass is 16.3. The summed E-state index contributed by atoms with van der Waals surface area (Å²) in [7, 11) is 0. The van der Waals surface area contributed by atoms with E-state index in [1.54, 1.807) is 0 Å². The van der Waals surface area contributed by atoms with Gasteiger partial charge in [0.1, 0.15) is 0 Å². The van der Waals surface area contributed by atoms with Gasteiger partial charge < -0.3 is 10.8 Å². The molecule has 16 heavy (non-hydrogen) atoms. The number of hydrogen-bond donors (Lipinski definition) is 2. The summed E-state index contributed by atoms with van der Waals surface area (Å²) in [6.07, 6.45) is 3.00. The summed E-state index contributed by atoms with van der Waals surface area (Å²) in [5, 5.41) is 9.25. The lowest BCUT2D eigenvalue weighted by Gasteiger charge is -2.21. The lowest BCUT2D eigenvalue weighted by Crippen LogP contribution is -2.19. The Hall–Kier alpha value is -0.860. The first-order valence-electron chi connectivity index (χ1n) is 5.96. The van der Waals surface area contributed by atoms with E-state index in [4.69, 9.17) is 5.73 Å². The minimum atomic E-state index is -0.0352. The van der Waals surface area contributed by atoms with Gasteiger partial charge in [-0.15, -0.1) is 0 Å². The van der Waals surface area contributed by atoms with E-state index in [9.17, 15) is 5.11 Å². The molecule has 2 nitrogen and oxygen atoms in total. The highest BCUT2D eigenvalue weighted by Gasteiger charge is 2.16. The van der Waals surface area contributed by atoms with Gasteiger partial charge in [-0.3, -0.25) is 0 Å². The number of benzene rings is 1. The lowest BCUT2D eigenvalue weighted by atomic mass is 9.86. The van der Waals surface area contributed by atoms with E-state index >= 15 is 0 Å². The fraction of sp³-hybridized carbons (Fsp3) is 0.571. The molecule has 1 aromatic carbocycles. The summed E-state index contributed by atoms with van der Waals surface area (Å²) in [6.45, 7) is 5.13. The second-order valence-electron chi connectivity index (χ2n) is 5.21. The van der Waals surface area contributed by atoms with Crippen molar-refractivity contribution in [1.29, 1.82) is 0 Å². The van der Waals surface area contributed by atoms with Crippen LogP contribution in [0.2, 0.25) is 0 Å². The highest BCUT2D eigenvalue weighted by molar-refractivity contribution is 5.24. The fourth-order valence-corrected chi connectivity index (χ4v) is 1.81. The first kappa shape index (κ1) is 13.2. The molecule has 0 atom stereocenters. The highest BCUT2D eigenvalue weighted by Crippen LogP contribution is 2.21. The van der Waals surface area contributed by atoms with E-state index in [-0.39, 0.29) is 12.0 Å². The average Bonchev–Trinajstić information content (AvgIpc) is 2.26. The standard InChI is InChI=1S/C14H23NO/c1-14(2,11-16)10-13-6-3-5-12(9-13)7-4-8-15/h3,5-6,9,16H,4,7-8,10-11,15H2,1-2H3. The minimum Gasteiger partial charge on any atom is -0.396 e. The lowest BCUT2D eigenvalue weighted by molar-refractivity contribution is 0.159. The van der Waals surface area contributed by atoms with Gasteiger partial charge in [-0.05, 0) is 42.3 Å². The summed E-state index contributed by atoms with van der Waals surface area (Å²) < 4.78 is 0. The second kappa shape index (κ2) is 6.02. The van der Waals surface area contributed by atoms with Gasteiger partial charge in [0, 0.05) is 6.61 Å². The summed E-state index contributed by atoms with van der Waals surface area (Å²) in [5.74, 6) is 0. The van der Waals surface area contributed by atoms with Crippen molar-refractivity contribution in [2.24, 2.45) is 11.1 Å². The first-order valence-corrected chi connectivity index (χ1v) is 5.96. The van der Waals surface area contributed by atoms with Crippen LogP contribution in [0.15, 0.2) is 24.3 Å². The van der Waals surface area contributed by atoms with Crippen molar-refractivity contribution in [3.05, 3.63) is 35.4 Å². The Balaban J connectivity index is 2.67. The molecule has 0 radical (unpaired) electrons. The van der Waals surface area contributed by atoms with Gasteiger partial charge in [-0.2, -0.15) is 0 Å². The number of aryl methyl sites for hydroxylation is 1. The molecular formula is C14H23NO. The number of aliphatic hydroxyl groups excluding tert-OH is 1. The van der Waals surface area contributed by atoms with Crippen molar-refractivity contribution in [2.45, 2.75) is 33.1 Å². The van der Waals surface area contributed by atoms with E-state index in [0.29, 0.717) is 0 Å². The third-order valence-electron chi connectivity index (χ3n) is 2.77. The van der Waals surface area contributed by atoms with Crippen LogP contribution in [0.3, 0.4) is 0 Å². The largest absolute Gasteiger partial charge is 0.396 e. The Bertz CT molecular complexity index is 320. The van der Waals surface area contributed by atoms with Crippen molar-refractivity contribution in [2.75, 3.05) is 13.2 Å². The predicted octanol–water partition coefficient (Wildman–Crippen LogP) is 2.14. The molecule has 0 saturated heterocycles. The predicted molar refractivity (Wildman–Crippen MR) is 68.4 cm³/mol. The quantitative estimate of drug-likeness (QED) is 0.773. The van der Waals surface area contributed by atoms with Gasteiger partial charge >= 0.3 is 0 Å². The van der Waals surface area contributed by atoms with Crippen LogP contribution in [-0.2, 0) is 12.8 Å². The zero-order valence-electron chi connectivity index (χ0n) is 10.4. The molecule has 2 heteroatoms. The number of nitrogens with two attached hydrogens (primary N) is 1. The van der Waals surface area contributed by atoms with Crippen LogP contribution >= 0.6 is 0 Å². The molecule has 3 N–H and O–H groups in total. The molecule has 0 heterocycles. The molecule has 0 spiro atoms. The van der Waals surface area contributed by atoms with Gasteiger partial charge in [-0.25, -0.2) is 0 Å². The summed E-state index contributed by atoms with van der Waals surface area (Å²) in [5.41, 5.74) is 8.11. The zero-order chi connectivity index (χ0) is 12.0. The molecule has 0 aliphatic heterocycles. The SMILES string of the molecule is CC(C)(CO)Cc1cccc(CCCN)c1. The minimum absolute atomic E-state index is 0.0352. The Labute approximate surface area is 98.5 Å². The van der Waals surface area contributed by atoms with Crippen molar-refractivity contribution >= 4 is 0 Å². The van der Waals surface area contributed by atoms with Gasteiger partial charge in [-0.1, -0.05) is 38.1 Å². The van der Waals surface area contributed by atoms with Crippen LogP contribution in [0, 0.1) is 5.41 Å². The van der Waals surface area contributed by atoms with Crippen LogP contribution in [0.5, 0.6) is 0 Å². The van der Waals surface area contributed by atoms with Gasteiger partial charge in [0.2, 0.25) is 0 Å². The molecule has 1 aromatic rings. The summed E-state index contributed by atoms with van der Waals surface area (Å²) in [4.78, 5) is 0. The van der Waals surface area contributed by atoms with Crippen LogP contribution < -0.4 is 5.73 Å². The molecule has 0 bridgehead atoms. The number of rotatable bonds is 6. The van der Waals surface area contributed by atoms with Crippen molar-refractivity contribution < 1.29 is 5.11 Å². The smallest absolute Gasteiger partial charge is 0.0485 e. The maximum absolute atomic E-state index is 9.25. The van der Waals surface area contributed by atoms with Gasteiger partial charge in [0.25, 0.3) is 0 Å². The maximum atomic E-state index is 9.25. The molecule has 0 unspecified atom stereocenters. The fourth-order valence-electron chi connectivity index (χ4n) is 1.81. The van der Waals surface area contributed by atoms with E-state index in [1.165, 1.54) is 11.1 Å². The van der Waals surface area contributed by atoms with Gasteiger partial charge in [0.05, 0.1) is 0 Å². The van der Waals surface area contributed by atoms with Crippen LogP contribution in [0.4, 0.5) is 0 Å². The van der Waals surface area contributed by atoms with Gasteiger partial charge in [0.15, 0.2) is 0 Å². The molecule has 0 fully saturated rings. The van der Waals surface area contributed by atoms with E-state index in [2.05, 4.69) is 38.1 Å². The van der Waals surface area contributed by atoms with Crippen molar-refractivity contribution in [1.82, 2.24) is 0 Å². The number of aliphatic hydroxyl groups is 1. The van der Waals surface area contributed by atoms with Crippen molar-refractivity contribution in [3.63, 3.8) is 0 Å². The van der Waals surface area contributed by atoms with E-state index < -0.39 is 0 Å². The Morgan fingerprint density at radius 1 is 1.25 bits per heavy atom. The van der Waals surface area contributed by atoms with E-state index in [0.717, 1.165) is 25.8 Å². The molecule has 0 aromatic heterocycles. The molecule has 1 rings (SSSR count). The monoisotopic (exact) mass is 221 g/mol. The molecular weight excluding hydrogens is 198 g/mol. The van der Waals surface area contributed by atoms with E-state index in [1.807, 2.05) is 0 Å². The average molecular weight is 221 g/mol. The van der Waals surface area contributed by atoms with Crippen molar-refractivity contribution in [3.8, 4) is 0 Å². The topological polar surface area (TPSA) is 46.2 Å². The number of hydrogen-bond acceptors (Lipinski definition) is 2. The third kappa shape index (κ3) is 4.33. The summed E-state index contributed by atoms with van der Waals surface area (Å²) >= 11 is 0. The Morgan fingerprint density at radius 3 is 2.56 bits per heavy atom. The summed E-state index contributed by atoms with van der Waals surface area (Å²) in [6, 6.07) is 8.59. The molecule has 0 aliphatic rings.